The van der Waals surface area contributed by atoms with Gasteiger partial charge in [0.25, 0.3) is 0 Å². The first-order chi connectivity index (χ1) is 7.74. The lowest BCUT2D eigenvalue weighted by Gasteiger charge is -2.03. The Morgan fingerprint density at radius 1 is 1.44 bits per heavy atom. The van der Waals surface area contributed by atoms with Crippen LogP contribution in [-0.2, 0) is 4.74 Å². The minimum atomic E-state index is 0.389. The third-order valence-corrected chi connectivity index (χ3v) is 2.65. The van der Waals surface area contributed by atoms with Crippen LogP contribution in [0.4, 0.5) is 5.13 Å². The molecule has 1 rings (SSSR count). The number of anilines is 1. The fourth-order valence-electron chi connectivity index (χ4n) is 1.10. The van der Waals surface area contributed by atoms with Gasteiger partial charge in [0.2, 0.25) is 5.13 Å². The Labute approximate surface area is 101 Å². The molecule has 5 nitrogen and oxygen atoms in total. The van der Waals surface area contributed by atoms with E-state index in [9.17, 15) is 0 Å². The second kappa shape index (κ2) is 7.54. The van der Waals surface area contributed by atoms with Gasteiger partial charge in [-0.05, 0) is 6.42 Å². The molecule has 1 aromatic rings. The third kappa shape index (κ3) is 4.87. The Morgan fingerprint density at radius 2 is 2.25 bits per heavy atom. The van der Waals surface area contributed by atoms with Crippen LogP contribution in [0.3, 0.4) is 0 Å². The maximum absolute atomic E-state index is 5.31. The van der Waals surface area contributed by atoms with Crippen molar-refractivity contribution in [3.63, 3.8) is 0 Å². The van der Waals surface area contributed by atoms with Gasteiger partial charge in [-0.1, -0.05) is 13.8 Å². The van der Waals surface area contributed by atoms with Gasteiger partial charge in [-0.2, -0.15) is 4.37 Å². The van der Waals surface area contributed by atoms with Gasteiger partial charge in [-0.15, -0.1) is 0 Å². The van der Waals surface area contributed by atoms with Crippen molar-refractivity contribution >= 4 is 16.7 Å². The SMILES string of the molecule is CC(C)c1nsc(NCCCOCCN)n1. The molecule has 3 N–H and O–H groups in total. The summed E-state index contributed by atoms with van der Waals surface area (Å²) in [5.74, 6) is 1.30. The molecule has 0 aliphatic carbocycles. The highest BCUT2D eigenvalue weighted by atomic mass is 32.1. The van der Waals surface area contributed by atoms with Gasteiger partial charge in [0.05, 0.1) is 6.61 Å². The van der Waals surface area contributed by atoms with E-state index in [1.807, 2.05) is 0 Å². The second-order valence-electron chi connectivity index (χ2n) is 3.79. The molecule has 0 aromatic carbocycles. The molecule has 1 aromatic heterocycles. The van der Waals surface area contributed by atoms with E-state index in [4.69, 9.17) is 10.5 Å². The second-order valence-corrected chi connectivity index (χ2v) is 4.55. The number of ether oxygens (including phenoxy) is 1. The highest BCUT2D eigenvalue weighted by Crippen LogP contribution is 2.16. The van der Waals surface area contributed by atoms with E-state index in [1.54, 1.807) is 0 Å². The minimum absolute atomic E-state index is 0.389. The predicted molar refractivity (Wildman–Crippen MR) is 67.0 cm³/mol. The van der Waals surface area contributed by atoms with Gasteiger partial charge < -0.3 is 15.8 Å². The summed E-state index contributed by atoms with van der Waals surface area (Å²) in [5, 5.41) is 4.12. The fraction of sp³-hybridized carbons (Fsp3) is 0.800. The van der Waals surface area contributed by atoms with Crippen LogP contribution in [0.1, 0.15) is 32.0 Å². The normalized spacial score (nSPS) is 11.0. The lowest BCUT2D eigenvalue weighted by atomic mass is 10.2. The van der Waals surface area contributed by atoms with E-state index in [0.29, 0.717) is 19.1 Å². The first-order valence-electron chi connectivity index (χ1n) is 5.59. The molecule has 0 saturated heterocycles. The molecule has 0 radical (unpaired) electrons. The van der Waals surface area contributed by atoms with Crippen molar-refractivity contribution in [3.05, 3.63) is 5.82 Å². The zero-order chi connectivity index (χ0) is 11.8. The van der Waals surface area contributed by atoms with Crippen molar-refractivity contribution in [2.75, 3.05) is 31.6 Å². The number of nitrogens with zero attached hydrogens (tertiary/aromatic N) is 2. The monoisotopic (exact) mass is 244 g/mol. The molecule has 0 spiro atoms. The smallest absolute Gasteiger partial charge is 0.202 e. The van der Waals surface area contributed by atoms with Gasteiger partial charge in [0.1, 0.15) is 5.82 Å². The molecule has 0 bridgehead atoms. The molecular formula is C10H20N4OS. The van der Waals surface area contributed by atoms with E-state index in [1.165, 1.54) is 11.5 Å². The minimum Gasteiger partial charge on any atom is -0.380 e. The summed E-state index contributed by atoms with van der Waals surface area (Å²) >= 11 is 1.41. The molecule has 6 heteroatoms. The summed E-state index contributed by atoms with van der Waals surface area (Å²) in [7, 11) is 0. The summed E-state index contributed by atoms with van der Waals surface area (Å²) in [6.45, 7) is 6.99. The molecule has 0 saturated carbocycles. The summed E-state index contributed by atoms with van der Waals surface area (Å²) in [6.07, 6.45) is 0.955. The highest BCUT2D eigenvalue weighted by molar-refractivity contribution is 7.09. The van der Waals surface area contributed by atoms with Crippen molar-refractivity contribution in [1.29, 1.82) is 0 Å². The first-order valence-corrected chi connectivity index (χ1v) is 6.36. The summed E-state index contributed by atoms with van der Waals surface area (Å²) in [4.78, 5) is 4.38. The van der Waals surface area contributed by atoms with Crippen molar-refractivity contribution in [3.8, 4) is 0 Å². The Balaban J connectivity index is 2.12. The number of hydrogen-bond donors (Lipinski definition) is 2. The van der Waals surface area contributed by atoms with Crippen LogP contribution in [0, 0.1) is 0 Å². The quantitative estimate of drug-likeness (QED) is 0.677. The van der Waals surface area contributed by atoms with E-state index >= 15 is 0 Å². The number of nitrogens with two attached hydrogens (primary N) is 1. The summed E-state index contributed by atoms with van der Waals surface area (Å²) in [6, 6.07) is 0. The number of nitrogens with one attached hydrogen (secondary N) is 1. The van der Waals surface area contributed by atoms with Crippen LogP contribution in [0.2, 0.25) is 0 Å². The van der Waals surface area contributed by atoms with Crippen molar-refractivity contribution in [2.45, 2.75) is 26.2 Å². The largest absolute Gasteiger partial charge is 0.380 e. The molecular weight excluding hydrogens is 224 g/mol. The zero-order valence-corrected chi connectivity index (χ0v) is 10.7. The average Bonchev–Trinajstić information content (AvgIpc) is 2.72. The first kappa shape index (κ1) is 13.3. The van der Waals surface area contributed by atoms with Gasteiger partial charge in [0.15, 0.2) is 0 Å². The molecule has 0 atom stereocenters. The zero-order valence-electron chi connectivity index (χ0n) is 9.90. The van der Waals surface area contributed by atoms with Crippen LogP contribution in [-0.4, -0.2) is 35.7 Å². The summed E-state index contributed by atoms with van der Waals surface area (Å²) < 4.78 is 9.53. The Hall–Kier alpha value is -0.720. The van der Waals surface area contributed by atoms with E-state index < -0.39 is 0 Å². The van der Waals surface area contributed by atoms with Crippen LogP contribution in [0.25, 0.3) is 0 Å². The van der Waals surface area contributed by atoms with E-state index in [0.717, 1.165) is 30.5 Å². The van der Waals surface area contributed by atoms with Gasteiger partial charge in [-0.3, -0.25) is 0 Å². The van der Waals surface area contributed by atoms with E-state index in [-0.39, 0.29) is 0 Å². The van der Waals surface area contributed by atoms with Crippen molar-refractivity contribution in [1.82, 2.24) is 9.36 Å². The number of rotatable bonds is 8. The lowest BCUT2D eigenvalue weighted by molar-refractivity contribution is 0.141. The standard InChI is InChI=1S/C10H20N4OS/c1-8(2)9-13-10(16-14-9)12-5-3-6-15-7-4-11/h8H,3-7,11H2,1-2H3,(H,12,13,14). The fourth-order valence-corrected chi connectivity index (χ4v) is 1.83. The number of hydrogen-bond acceptors (Lipinski definition) is 6. The van der Waals surface area contributed by atoms with E-state index in [2.05, 4.69) is 28.5 Å². The van der Waals surface area contributed by atoms with Crippen LogP contribution in [0.15, 0.2) is 0 Å². The molecule has 0 unspecified atom stereocenters. The average molecular weight is 244 g/mol. The molecule has 0 fully saturated rings. The van der Waals surface area contributed by atoms with Gasteiger partial charge in [0, 0.05) is 37.1 Å². The lowest BCUT2D eigenvalue weighted by Crippen LogP contribution is -2.11. The Bertz CT molecular complexity index is 290. The molecule has 0 amide bonds. The molecule has 0 aliphatic heterocycles. The molecule has 16 heavy (non-hydrogen) atoms. The maximum Gasteiger partial charge on any atom is 0.202 e. The van der Waals surface area contributed by atoms with Crippen molar-refractivity contribution in [2.24, 2.45) is 5.73 Å². The van der Waals surface area contributed by atoms with Crippen LogP contribution < -0.4 is 11.1 Å². The van der Waals surface area contributed by atoms with Gasteiger partial charge in [-0.25, -0.2) is 4.98 Å². The van der Waals surface area contributed by atoms with Crippen molar-refractivity contribution < 1.29 is 4.74 Å². The molecule has 92 valence electrons. The third-order valence-electron chi connectivity index (χ3n) is 1.96. The Kier molecular flexibility index (Phi) is 6.29. The topological polar surface area (TPSA) is 73.1 Å². The summed E-state index contributed by atoms with van der Waals surface area (Å²) in [5.41, 5.74) is 5.31. The highest BCUT2D eigenvalue weighted by Gasteiger charge is 2.06. The van der Waals surface area contributed by atoms with Gasteiger partial charge >= 0.3 is 0 Å². The van der Waals surface area contributed by atoms with Crippen LogP contribution >= 0.6 is 11.5 Å². The number of aromatic nitrogens is 2. The maximum atomic E-state index is 5.31. The molecule has 0 aliphatic rings. The van der Waals surface area contributed by atoms with Crippen LogP contribution in [0.5, 0.6) is 0 Å². The molecule has 1 heterocycles. The Morgan fingerprint density at radius 3 is 2.88 bits per heavy atom. The predicted octanol–water partition coefficient (Wildman–Crippen LogP) is 1.44.